The minimum absolute atomic E-state index is 0.357. The number of rotatable bonds is 2. The summed E-state index contributed by atoms with van der Waals surface area (Å²) in [6.45, 7) is 5.79. The third-order valence-corrected chi connectivity index (χ3v) is 2.24. The molecule has 0 aromatic heterocycles. The van der Waals surface area contributed by atoms with Crippen LogP contribution >= 0.6 is 11.6 Å². The average molecular weight is 257 g/mol. The second kappa shape index (κ2) is 5.27. The van der Waals surface area contributed by atoms with Gasteiger partial charge in [0.05, 0.1) is 10.7 Å². The lowest BCUT2D eigenvalue weighted by Gasteiger charge is -2.19. The number of carbonyl (C=O) groups is 1. The van der Waals surface area contributed by atoms with E-state index < -0.39 is 11.7 Å². The molecule has 0 atom stereocenters. The van der Waals surface area contributed by atoms with Crippen LogP contribution in [0.25, 0.3) is 0 Å². The molecule has 0 radical (unpaired) electrons. The third kappa shape index (κ3) is 4.95. The first-order valence-corrected chi connectivity index (χ1v) is 5.66. The fourth-order valence-electron chi connectivity index (χ4n) is 1.19. The highest BCUT2D eigenvalue weighted by Gasteiger charge is 2.15. The van der Waals surface area contributed by atoms with Crippen LogP contribution < -0.4 is 11.1 Å². The molecular formula is C12H17ClN2O2. The van der Waals surface area contributed by atoms with Crippen LogP contribution in [0, 0.1) is 0 Å². The molecule has 1 amide bonds. The van der Waals surface area contributed by atoms with Gasteiger partial charge in [-0.3, -0.25) is 0 Å². The minimum Gasteiger partial charge on any atom is -0.444 e. The van der Waals surface area contributed by atoms with E-state index in [1.807, 2.05) is 20.8 Å². The Labute approximate surface area is 106 Å². The molecule has 0 aliphatic heterocycles. The molecule has 1 aromatic rings. The van der Waals surface area contributed by atoms with Crippen molar-refractivity contribution < 1.29 is 9.53 Å². The fourth-order valence-corrected chi connectivity index (χ4v) is 1.31. The molecule has 0 bridgehead atoms. The molecule has 17 heavy (non-hydrogen) atoms. The first-order chi connectivity index (χ1) is 7.78. The number of hydrogen-bond acceptors (Lipinski definition) is 3. The molecular weight excluding hydrogens is 240 g/mol. The number of nitrogen functional groups attached to an aromatic ring is 1. The summed E-state index contributed by atoms with van der Waals surface area (Å²) < 4.78 is 5.11. The summed E-state index contributed by atoms with van der Waals surface area (Å²) in [7, 11) is 0. The standard InChI is InChI=1S/C12H17ClN2O2/c1-12(2,3)17-11(16)15-7-8-4-5-9(13)10(14)6-8/h4-6H,7,14H2,1-3H3,(H,15,16). The summed E-state index contributed by atoms with van der Waals surface area (Å²) in [6, 6.07) is 5.22. The van der Waals surface area contributed by atoms with E-state index in [1.54, 1.807) is 18.2 Å². The number of amides is 1. The van der Waals surface area contributed by atoms with Gasteiger partial charge in [0.2, 0.25) is 0 Å². The van der Waals surface area contributed by atoms with Gasteiger partial charge in [-0.25, -0.2) is 4.79 Å². The van der Waals surface area contributed by atoms with E-state index in [0.29, 0.717) is 17.3 Å². The molecule has 0 saturated carbocycles. The number of benzene rings is 1. The Balaban J connectivity index is 2.50. The molecule has 1 aromatic carbocycles. The number of nitrogens with one attached hydrogen (secondary N) is 1. The summed E-state index contributed by atoms with van der Waals surface area (Å²) in [6.07, 6.45) is -0.453. The van der Waals surface area contributed by atoms with E-state index in [1.165, 1.54) is 0 Å². The van der Waals surface area contributed by atoms with Gasteiger partial charge in [-0.2, -0.15) is 0 Å². The summed E-state index contributed by atoms with van der Waals surface area (Å²) in [5.41, 5.74) is 6.52. The van der Waals surface area contributed by atoms with Crippen molar-refractivity contribution in [1.82, 2.24) is 5.32 Å². The topological polar surface area (TPSA) is 64.3 Å². The highest BCUT2D eigenvalue weighted by atomic mass is 35.5. The monoisotopic (exact) mass is 256 g/mol. The van der Waals surface area contributed by atoms with Crippen molar-refractivity contribution in [1.29, 1.82) is 0 Å². The molecule has 5 heteroatoms. The highest BCUT2D eigenvalue weighted by molar-refractivity contribution is 6.33. The minimum atomic E-state index is -0.497. The van der Waals surface area contributed by atoms with Crippen LogP contribution in [0.15, 0.2) is 18.2 Å². The second-order valence-corrected chi connectivity index (χ2v) is 5.12. The second-order valence-electron chi connectivity index (χ2n) is 4.71. The summed E-state index contributed by atoms with van der Waals surface area (Å²) >= 11 is 5.79. The van der Waals surface area contributed by atoms with Crippen LogP contribution in [0.5, 0.6) is 0 Å². The Morgan fingerprint density at radius 2 is 2.12 bits per heavy atom. The van der Waals surface area contributed by atoms with Crippen molar-refractivity contribution in [2.75, 3.05) is 5.73 Å². The van der Waals surface area contributed by atoms with Crippen LogP contribution in [0.3, 0.4) is 0 Å². The Hall–Kier alpha value is -1.42. The molecule has 94 valence electrons. The Morgan fingerprint density at radius 1 is 1.47 bits per heavy atom. The lowest BCUT2D eigenvalue weighted by molar-refractivity contribution is 0.0523. The van der Waals surface area contributed by atoms with Crippen LogP contribution in [0.2, 0.25) is 5.02 Å². The van der Waals surface area contributed by atoms with Gasteiger partial charge in [-0.1, -0.05) is 17.7 Å². The predicted octanol–water partition coefficient (Wildman–Crippen LogP) is 2.95. The van der Waals surface area contributed by atoms with Crippen molar-refractivity contribution in [3.8, 4) is 0 Å². The fraction of sp³-hybridized carbons (Fsp3) is 0.417. The van der Waals surface area contributed by atoms with Crippen molar-refractivity contribution in [3.05, 3.63) is 28.8 Å². The van der Waals surface area contributed by atoms with Crippen LogP contribution in [-0.2, 0) is 11.3 Å². The number of alkyl carbamates (subject to hydrolysis) is 1. The Bertz CT molecular complexity index is 413. The molecule has 0 fully saturated rings. The SMILES string of the molecule is CC(C)(C)OC(=O)NCc1ccc(Cl)c(N)c1. The molecule has 0 heterocycles. The Morgan fingerprint density at radius 3 is 2.65 bits per heavy atom. The highest BCUT2D eigenvalue weighted by Crippen LogP contribution is 2.19. The van der Waals surface area contributed by atoms with E-state index in [2.05, 4.69) is 5.32 Å². The van der Waals surface area contributed by atoms with Crippen LogP contribution in [0.4, 0.5) is 10.5 Å². The Kier molecular flexibility index (Phi) is 4.23. The molecule has 0 aliphatic carbocycles. The number of hydrogen-bond donors (Lipinski definition) is 2. The largest absolute Gasteiger partial charge is 0.444 e. The molecule has 3 N–H and O–H groups in total. The number of nitrogens with two attached hydrogens (primary N) is 1. The third-order valence-electron chi connectivity index (χ3n) is 1.90. The molecule has 0 spiro atoms. The van der Waals surface area contributed by atoms with Crippen molar-refractivity contribution >= 4 is 23.4 Å². The molecule has 1 rings (SSSR count). The number of halogens is 1. The lowest BCUT2D eigenvalue weighted by atomic mass is 10.2. The van der Waals surface area contributed by atoms with Crippen LogP contribution in [-0.4, -0.2) is 11.7 Å². The molecule has 0 unspecified atom stereocenters. The van der Waals surface area contributed by atoms with Gasteiger partial charge >= 0.3 is 6.09 Å². The van der Waals surface area contributed by atoms with Gasteiger partial charge in [-0.05, 0) is 38.5 Å². The quantitative estimate of drug-likeness (QED) is 0.800. The zero-order chi connectivity index (χ0) is 13.1. The van der Waals surface area contributed by atoms with E-state index in [4.69, 9.17) is 22.1 Å². The van der Waals surface area contributed by atoms with E-state index >= 15 is 0 Å². The first-order valence-electron chi connectivity index (χ1n) is 5.29. The summed E-state index contributed by atoms with van der Waals surface area (Å²) in [5.74, 6) is 0. The normalized spacial score (nSPS) is 11.1. The molecule has 0 saturated heterocycles. The van der Waals surface area contributed by atoms with Crippen LogP contribution in [0.1, 0.15) is 26.3 Å². The molecule has 0 aliphatic rings. The van der Waals surface area contributed by atoms with E-state index in [-0.39, 0.29) is 0 Å². The zero-order valence-electron chi connectivity index (χ0n) is 10.2. The first kappa shape index (κ1) is 13.6. The van der Waals surface area contributed by atoms with E-state index in [0.717, 1.165) is 5.56 Å². The maximum Gasteiger partial charge on any atom is 0.407 e. The zero-order valence-corrected chi connectivity index (χ0v) is 11.0. The summed E-state index contributed by atoms with van der Waals surface area (Å²) in [5, 5.41) is 3.15. The van der Waals surface area contributed by atoms with Gasteiger partial charge in [0.25, 0.3) is 0 Å². The number of ether oxygens (including phenoxy) is 1. The van der Waals surface area contributed by atoms with Gasteiger partial charge in [0.1, 0.15) is 5.60 Å². The maximum atomic E-state index is 11.4. The van der Waals surface area contributed by atoms with Gasteiger partial charge in [0.15, 0.2) is 0 Å². The van der Waals surface area contributed by atoms with E-state index in [9.17, 15) is 4.79 Å². The predicted molar refractivity (Wildman–Crippen MR) is 68.9 cm³/mol. The smallest absolute Gasteiger partial charge is 0.407 e. The number of carbonyl (C=O) groups excluding carboxylic acids is 1. The van der Waals surface area contributed by atoms with Gasteiger partial charge in [0, 0.05) is 6.54 Å². The van der Waals surface area contributed by atoms with Crippen molar-refractivity contribution in [3.63, 3.8) is 0 Å². The van der Waals surface area contributed by atoms with Gasteiger partial charge in [-0.15, -0.1) is 0 Å². The lowest BCUT2D eigenvalue weighted by Crippen LogP contribution is -2.32. The average Bonchev–Trinajstić information content (AvgIpc) is 2.17. The van der Waals surface area contributed by atoms with Crippen molar-refractivity contribution in [2.24, 2.45) is 0 Å². The molecule has 4 nitrogen and oxygen atoms in total. The number of anilines is 1. The summed E-state index contributed by atoms with van der Waals surface area (Å²) in [4.78, 5) is 11.4. The van der Waals surface area contributed by atoms with Crippen molar-refractivity contribution in [2.45, 2.75) is 32.9 Å². The van der Waals surface area contributed by atoms with Gasteiger partial charge < -0.3 is 15.8 Å². The maximum absolute atomic E-state index is 11.4.